The van der Waals surface area contributed by atoms with Crippen molar-refractivity contribution in [3.8, 4) is 0 Å². The lowest BCUT2D eigenvalue weighted by Crippen LogP contribution is -2.21. The van der Waals surface area contributed by atoms with Crippen LogP contribution in [0.3, 0.4) is 0 Å². The van der Waals surface area contributed by atoms with Crippen LogP contribution in [0.2, 0.25) is 0 Å². The number of nitrogens with one attached hydrogen (secondary N) is 1. The lowest BCUT2D eigenvalue weighted by Gasteiger charge is -2.13. The van der Waals surface area contributed by atoms with E-state index in [1.54, 1.807) is 10.8 Å². The molecule has 2 heterocycles. The number of H-pyrrole nitrogens is 1. The first-order chi connectivity index (χ1) is 11.7. The Hall–Kier alpha value is -2.43. The van der Waals surface area contributed by atoms with Crippen molar-refractivity contribution in [2.24, 2.45) is 0 Å². The molecule has 1 N–H and O–H groups in total. The van der Waals surface area contributed by atoms with Gasteiger partial charge in [0.15, 0.2) is 11.3 Å². The Morgan fingerprint density at radius 1 is 1.17 bits per heavy atom. The number of unbranched alkanes of at least 4 members (excludes halogenated alkanes) is 3. The number of hydrogen-bond donors (Lipinski definition) is 1. The third-order valence-electron chi connectivity index (χ3n) is 4.43. The second-order valence-corrected chi connectivity index (χ2v) is 6.23. The van der Waals surface area contributed by atoms with Gasteiger partial charge in [0.05, 0.1) is 17.9 Å². The van der Waals surface area contributed by atoms with Crippen LogP contribution in [-0.2, 0) is 6.42 Å². The topological polar surface area (TPSA) is 63.6 Å². The second-order valence-electron chi connectivity index (χ2n) is 6.23. The summed E-state index contributed by atoms with van der Waals surface area (Å²) < 4.78 is 1.70. The fourth-order valence-corrected chi connectivity index (χ4v) is 3.02. The number of aryl methyl sites for hydroxylation is 1. The molecule has 0 fully saturated rings. The smallest absolute Gasteiger partial charge is 0.289 e. The molecule has 0 bridgehead atoms. The number of nitrogens with zero attached hydrogens (tertiary/aromatic N) is 3. The van der Waals surface area contributed by atoms with Crippen LogP contribution in [0.25, 0.3) is 11.3 Å². The van der Waals surface area contributed by atoms with E-state index in [2.05, 4.69) is 16.9 Å². The van der Waals surface area contributed by atoms with Gasteiger partial charge in [-0.3, -0.25) is 9.55 Å². The van der Waals surface area contributed by atoms with Crippen molar-refractivity contribution in [1.82, 2.24) is 19.5 Å². The van der Waals surface area contributed by atoms with Gasteiger partial charge in [0.1, 0.15) is 0 Å². The monoisotopic (exact) mass is 324 g/mol. The highest BCUT2D eigenvalue weighted by Crippen LogP contribution is 2.19. The molecular weight excluding hydrogens is 300 g/mol. The fraction of sp³-hybridized carbons (Fsp3) is 0.421. The van der Waals surface area contributed by atoms with E-state index < -0.39 is 0 Å². The molecule has 0 radical (unpaired) electrons. The molecule has 0 spiro atoms. The van der Waals surface area contributed by atoms with Gasteiger partial charge in [-0.2, -0.15) is 0 Å². The zero-order valence-corrected chi connectivity index (χ0v) is 14.3. The standard InChI is InChI=1S/C19H24N4O/c1-3-4-5-9-12-16-13-20-17-18(21-16)23(19(24)22-17)14(2)15-10-7-6-8-11-15/h6-8,10-11,13-14H,3-5,9,12H2,1-2H3,(H,20,22,24)/t14-/m0/s1. The van der Waals surface area contributed by atoms with Crippen molar-refractivity contribution in [3.05, 3.63) is 58.3 Å². The lowest BCUT2D eigenvalue weighted by atomic mass is 10.1. The highest BCUT2D eigenvalue weighted by molar-refractivity contribution is 5.65. The minimum Gasteiger partial charge on any atom is -0.289 e. The Kier molecular flexibility index (Phi) is 5.08. The number of hydrogen-bond acceptors (Lipinski definition) is 3. The molecule has 0 amide bonds. The van der Waals surface area contributed by atoms with Gasteiger partial charge in [0.25, 0.3) is 0 Å². The first-order valence-electron chi connectivity index (χ1n) is 8.71. The van der Waals surface area contributed by atoms with Gasteiger partial charge in [-0.15, -0.1) is 0 Å². The van der Waals surface area contributed by atoms with Gasteiger partial charge in [-0.1, -0.05) is 56.5 Å². The molecule has 3 aromatic rings. The van der Waals surface area contributed by atoms with Crippen LogP contribution in [0.15, 0.2) is 41.3 Å². The first-order valence-corrected chi connectivity index (χ1v) is 8.71. The molecule has 3 rings (SSSR count). The maximum atomic E-state index is 12.4. The highest BCUT2D eigenvalue weighted by atomic mass is 16.1. The number of aromatic nitrogens is 4. The van der Waals surface area contributed by atoms with E-state index in [1.165, 1.54) is 19.3 Å². The first kappa shape index (κ1) is 16.4. The van der Waals surface area contributed by atoms with Crippen molar-refractivity contribution < 1.29 is 0 Å². The molecule has 0 saturated heterocycles. The number of fused-ring (bicyclic) bond motifs is 1. The van der Waals surface area contributed by atoms with Crippen molar-refractivity contribution in [3.63, 3.8) is 0 Å². The summed E-state index contributed by atoms with van der Waals surface area (Å²) in [5, 5.41) is 0. The summed E-state index contributed by atoms with van der Waals surface area (Å²) in [7, 11) is 0. The van der Waals surface area contributed by atoms with E-state index >= 15 is 0 Å². The number of imidazole rings is 1. The second kappa shape index (κ2) is 7.43. The summed E-state index contributed by atoms with van der Waals surface area (Å²) >= 11 is 0. The Labute approximate surface area is 141 Å². The molecule has 126 valence electrons. The van der Waals surface area contributed by atoms with Crippen molar-refractivity contribution in [1.29, 1.82) is 0 Å². The fourth-order valence-electron chi connectivity index (χ4n) is 3.02. The van der Waals surface area contributed by atoms with Crippen LogP contribution >= 0.6 is 0 Å². The molecule has 0 aliphatic rings. The lowest BCUT2D eigenvalue weighted by molar-refractivity contribution is 0.627. The number of benzene rings is 1. The van der Waals surface area contributed by atoms with Gasteiger partial charge in [0, 0.05) is 0 Å². The Balaban J connectivity index is 1.92. The van der Waals surface area contributed by atoms with Crippen molar-refractivity contribution in [2.75, 3.05) is 0 Å². The summed E-state index contributed by atoms with van der Waals surface area (Å²) in [5.74, 6) is 0. The van der Waals surface area contributed by atoms with Crippen LogP contribution in [0, 0.1) is 0 Å². The summed E-state index contributed by atoms with van der Waals surface area (Å²) in [6.07, 6.45) is 7.46. The van der Waals surface area contributed by atoms with E-state index in [0.717, 1.165) is 24.1 Å². The quantitative estimate of drug-likeness (QED) is 0.671. The molecule has 24 heavy (non-hydrogen) atoms. The Morgan fingerprint density at radius 3 is 2.71 bits per heavy atom. The van der Waals surface area contributed by atoms with Gasteiger partial charge < -0.3 is 0 Å². The van der Waals surface area contributed by atoms with Gasteiger partial charge in [-0.25, -0.2) is 14.8 Å². The summed E-state index contributed by atoms with van der Waals surface area (Å²) in [6.45, 7) is 4.22. The average Bonchev–Trinajstić information content (AvgIpc) is 2.94. The van der Waals surface area contributed by atoms with E-state index in [-0.39, 0.29) is 11.7 Å². The molecule has 0 aliphatic heterocycles. The molecule has 1 aromatic carbocycles. The predicted octanol–water partition coefficient (Wildman–Crippen LogP) is 3.85. The third kappa shape index (κ3) is 3.40. The normalized spacial score (nSPS) is 12.6. The Bertz CT molecular complexity index is 851. The maximum Gasteiger partial charge on any atom is 0.329 e. The van der Waals surface area contributed by atoms with E-state index in [1.807, 2.05) is 37.3 Å². The van der Waals surface area contributed by atoms with Gasteiger partial charge in [0.2, 0.25) is 0 Å². The molecule has 2 aromatic heterocycles. The maximum absolute atomic E-state index is 12.4. The molecule has 5 nitrogen and oxygen atoms in total. The molecule has 0 saturated carbocycles. The minimum absolute atomic E-state index is 0.0860. The predicted molar refractivity (Wildman–Crippen MR) is 96.2 cm³/mol. The van der Waals surface area contributed by atoms with Crippen LogP contribution < -0.4 is 5.69 Å². The van der Waals surface area contributed by atoms with Crippen LogP contribution in [0.5, 0.6) is 0 Å². The Morgan fingerprint density at radius 2 is 1.96 bits per heavy atom. The van der Waals surface area contributed by atoms with Gasteiger partial charge in [-0.05, 0) is 25.3 Å². The van der Waals surface area contributed by atoms with Gasteiger partial charge >= 0.3 is 5.69 Å². The van der Waals surface area contributed by atoms with E-state index in [9.17, 15) is 4.79 Å². The van der Waals surface area contributed by atoms with Crippen LogP contribution in [0.4, 0.5) is 0 Å². The third-order valence-corrected chi connectivity index (χ3v) is 4.43. The largest absolute Gasteiger partial charge is 0.329 e. The highest BCUT2D eigenvalue weighted by Gasteiger charge is 2.17. The molecule has 0 unspecified atom stereocenters. The summed E-state index contributed by atoms with van der Waals surface area (Å²) in [5.41, 5.74) is 3.07. The SMILES string of the molecule is CCCCCCc1cnc2[nH]c(=O)n([C@@H](C)c3ccccc3)c2n1. The number of aromatic amines is 1. The molecule has 5 heteroatoms. The van der Waals surface area contributed by atoms with Crippen molar-refractivity contribution >= 4 is 11.3 Å². The molecular formula is C19H24N4O. The zero-order chi connectivity index (χ0) is 16.9. The minimum atomic E-state index is -0.163. The van der Waals surface area contributed by atoms with Crippen LogP contribution in [0.1, 0.15) is 56.8 Å². The van der Waals surface area contributed by atoms with E-state index in [0.29, 0.717) is 11.3 Å². The zero-order valence-electron chi connectivity index (χ0n) is 14.3. The summed E-state index contributed by atoms with van der Waals surface area (Å²) in [6, 6.07) is 9.91. The van der Waals surface area contributed by atoms with Crippen molar-refractivity contribution in [2.45, 2.75) is 52.0 Å². The molecule has 1 atom stereocenters. The van der Waals surface area contributed by atoms with Crippen LogP contribution in [-0.4, -0.2) is 19.5 Å². The van der Waals surface area contributed by atoms with E-state index in [4.69, 9.17) is 4.98 Å². The molecule has 0 aliphatic carbocycles. The number of rotatable bonds is 7. The summed E-state index contributed by atoms with van der Waals surface area (Å²) in [4.78, 5) is 24.3. The average molecular weight is 324 g/mol.